The minimum atomic E-state index is -1.83. The van der Waals surface area contributed by atoms with Crippen molar-refractivity contribution < 1.29 is 18.1 Å². The van der Waals surface area contributed by atoms with Crippen molar-refractivity contribution in [2.75, 3.05) is 0 Å². The van der Waals surface area contributed by atoms with E-state index in [9.17, 15) is 23.3 Å². The molecule has 0 atom stereocenters. The number of nitriles is 2. The van der Waals surface area contributed by atoms with Crippen LogP contribution in [-0.4, -0.2) is 4.92 Å². The van der Waals surface area contributed by atoms with E-state index in [0.717, 1.165) is 6.07 Å². The van der Waals surface area contributed by atoms with E-state index in [4.69, 9.17) is 10.5 Å². The van der Waals surface area contributed by atoms with E-state index in [1.54, 1.807) is 0 Å². The van der Waals surface area contributed by atoms with Crippen LogP contribution in [0.25, 0.3) is 0 Å². The van der Waals surface area contributed by atoms with Crippen LogP contribution in [-0.2, 0) is 6.42 Å². The van der Waals surface area contributed by atoms with Crippen molar-refractivity contribution in [1.29, 1.82) is 10.5 Å². The van der Waals surface area contributed by atoms with E-state index in [-0.39, 0.29) is 0 Å². The van der Waals surface area contributed by atoms with Gasteiger partial charge in [-0.2, -0.15) is 14.9 Å². The second kappa shape index (κ2) is 4.49. The molecule has 0 aliphatic carbocycles. The largest absolute Gasteiger partial charge is 0.325 e. The standard InChI is InChI=1S/C9H2F3N3O2/c10-6-4(1-2-13)8(12)9(15(16)17)5(3-14)7(6)11/h1H2. The van der Waals surface area contributed by atoms with Crippen LogP contribution < -0.4 is 0 Å². The summed E-state index contributed by atoms with van der Waals surface area (Å²) >= 11 is 0. The molecule has 5 nitrogen and oxygen atoms in total. The van der Waals surface area contributed by atoms with Gasteiger partial charge in [0.1, 0.15) is 6.07 Å². The van der Waals surface area contributed by atoms with Crippen LogP contribution in [0.3, 0.4) is 0 Å². The number of hydrogen-bond acceptors (Lipinski definition) is 4. The number of nitro groups is 1. The first-order valence-corrected chi connectivity index (χ1v) is 4.06. The van der Waals surface area contributed by atoms with Crippen LogP contribution in [0.4, 0.5) is 18.9 Å². The monoisotopic (exact) mass is 241 g/mol. The number of hydrogen-bond donors (Lipinski definition) is 0. The number of halogens is 3. The van der Waals surface area contributed by atoms with Gasteiger partial charge in [-0.05, 0) is 0 Å². The Labute approximate surface area is 92.5 Å². The molecule has 0 bridgehead atoms. The van der Waals surface area contributed by atoms with Gasteiger partial charge in [-0.15, -0.1) is 0 Å². The summed E-state index contributed by atoms with van der Waals surface area (Å²) in [7, 11) is 0. The molecule has 1 aromatic carbocycles. The summed E-state index contributed by atoms with van der Waals surface area (Å²) in [6, 6.07) is 2.36. The van der Waals surface area contributed by atoms with E-state index in [1.165, 1.54) is 6.07 Å². The van der Waals surface area contributed by atoms with Crippen molar-refractivity contribution in [3.05, 3.63) is 38.7 Å². The molecular weight excluding hydrogens is 239 g/mol. The lowest BCUT2D eigenvalue weighted by Gasteiger charge is -2.04. The molecule has 0 radical (unpaired) electrons. The molecule has 1 rings (SSSR count). The first kappa shape index (κ1) is 12.5. The molecule has 86 valence electrons. The molecule has 0 aliphatic heterocycles. The van der Waals surface area contributed by atoms with Gasteiger partial charge in [0.2, 0.25) is 5.82 Å². The van der Waals surface area contributed by atoms with Gasteiger partial charge in [0, 0.05) is 5.56 Å². The fourth-order valence-electron chi connectivity index (χ4n) is 1.20. The summed E-state index contributed by atoms with van der Waals surface area (Å²) < 4.78 is 39.9. The van der Waals surface area contributed by atoms with E-state index >= 15 is 0 Å². The zero-order valence-corrected chi connectivity index (χ0v) is 8.00. The molecule has 0 spiro atoms. The first-order valence-electron chi connectivity index (χ1n) is 4.06. The molecule has 8 heteroatoms. The lowest BCUT2D eigenvalue weighted by Crippen LogP contribution is -2.07. The van der Waals surface area contributed by atoms with Gasteiger partial charge in [-0.1, -0.05) is 0 Å². The second-order valence-corrected chi connectivity index (χ2v) is 2.85. The Balaban J connectivity index is 3.78. The normalized spacial score (nSPS) is 9.47. The van der Waals surface area contributed by atoms with Gasteiger partial charge in [0.05, 0.1) is 17.4 Å². The highest BCUT2D eigenvalue weighted by atomic mass is 19.2. The Morgan fingerprint density at radius 2 is 1.76 bits per heavy atom. The quantitative estimate of drug-likeness (QED) is 0.449. The molecule has 0 amide bonds. The van der Waals surface area contributed by atoms with Gasteiger partial charge in [0.15, 0.2) is 17.2 Å². The highest BCUT2D eigenvalue weighted by Gasteiger charge is 2.32. The Morgan fingerprint density at radius 1 is 1.18 bits per heavy atom. The maximum atomic E-state index is 13.4. The Morgan fingerprint density at radius 3 is 2.18 bits per heavy atom. The number of nitro benzene ring substituents is 1. The molecule has 0 unspecified atom stereocenters. The van der Waals surface area contributed by atoms with Gasteiger partial charge >= 0.3 is 5.69 Å². The number of rotatable bonds is 2. The van der Waals surface area contributed by atoms with Gasteiger partial charge in [-0.25, -0.2) is 8.78 Å². The second-order valence-electron chi connectivity index (χ2n) is 2.85. The van der Waals surface area contributed by atoms with Crippen LogP contribution in [0, 0.1) is 50.2 Å². The minimum absolute atomic E-state index is 0.874. The summed E-state index contributed by atoms with van der Waals surface area (Å²) in [4.78, 5) is 9.13. The molecular formula is C9H2F3N3O2. The zero-order valence-electron chi connectivity index (χ0n) is 8.00. The molecule has 0 heterocycles. The fourth-order valence-corrected chi connectivity index (χ4v) is 1.20. The van der Waals surface area contributed by atoms with Crippen molar-refractivity contribution in [2.24, 2.45) is 0 Å². The average molecular weight is 241 g/mol. The highest BCUT2D eigenvalue weighted by molar-refractivity contribution is 5.53. The van der Waals surface area contributed by atoms with Crippen LogP contribution >= 0.6 is 0 Å². The van der Waals surface area contributed by atoms with Crippen LogP contribution in [0.15, 0.2) is 0 Å². The smallest absolute Gasteiger partial charge is 0.258 e. The zero-order chi connectivity index (χ0) is 13.2. The third-order valence-electron chi connectivity index (χ3n) is 1.94. The van der Waals surface area contributed by atoms with Crippen molar-refractivity contribution in [2.45, 2.75) is 6.42 Å². The maximum absolute atomic E-state index is 13.4. The third-order valence-corrected chi connectivity index (χ3v) is 1.94. The maximum Gasteiger partial charge on any atom is 0.325 e. The summed E-state index contributed by atoms with van der Waals surface area (Å²) in [5.41, 5.74) is -3.85. The SMILES string of the molecule is N#CCc1c(F)c(F)c(C#N)c([N+](=O)[O-])c1F. The molecule has 0 N–H and O–H groups in total. The first-order chi connectivity index (χ1) is 7.95. The van der Waals surface area contributed by atoms with Crippen LogP contribution in [0.1, 0.15) is 11.1 Å². The number of nitrogens with zero attached hydrogens (tertiary/aromatic N) is 3. The van der Waals surface area contributed by atoms with Gasteiger partial charge < -0.3 is 0 Å². The average Bonchev–Trinajstić information content (AvgIpc) is 2.28. The Kier molecular flexibility index (Phi) is 3.29. The minimum Gasteiger partial charge on any atom is -0.258 e. The molecule has 1 aromatic rings. The predicted octanol–water partition coefficient (Wildman–Crippen LogP) is 1.95. The summed E-state index contributed by atoms with van der Waals surface area (Å²) in [5, 5.41) is 27.2. The van der Waals surface area contributed by atoms with Crippen molar-refractivity contribution in [3.8, 4) is 12.1 Å². The summed E-state index contributed by atoms with van der Waals surface area (Å²) in [6.45, 7) is 0. The molecule has 0 aromatic heterocycles. The Bertz CT molecular complexity index is 587. The van der Waals surface area contributed by atoms with E-state index in [1.807, 2.05) is 0 Å². The van der Waals surface area contributed by atoms with Crippen molar-refractivity contribution in [3.63, 3.8) is 0 Å². The highest BCUT2D eigenvalue weighted by Crippen LogP contribution is 2.30. The lowest BCUT2D eigenvalue weighted by molar-refractivity contribution is -0.388. The predicted molar refractivity (Wildman–Crippen MR) is 47.0 cm³/mol. The van der Waals surface area contributed by atoms with Crippen molar-refractivity contribution in [1.82, 2.24) is 0 Å². The topological polar surface area (TPSA) is 90.7 Å². The van der Waals surface area contributed by atoms with Crippen molar-refractivity contribution >= 4 is 5.69 Å². The molecule has 0 fully saturated rings. The molecule has 0 aliphatic rings. The lowest BCUT2D eigenvalue weighted by atomic mass is 10.0. The fraction of sp³-hybridized carbons (Fsp3) is 0.111. The van der Waals surface area contributed by atoms with Gasteiger partial charge in [0.25, 0.3) is 0 Å². The van der Waals surface area contributed by atoms with Gasteiger partial charge in [-0.3, -0.25) is 10.1 Å². The third kappa shape index (κ3) is 1.88. The van der Waals surface area contributed by atoms with Crippen LogP contribution in [0.2, 0.25) is 0 Å². The van der Waals surface area contributed by atoms with E-state index < -0.39 is 45.6 Å². The Hall–Kier alpha value is -2.61. The number of benzene rings is 1. The van der Waals surface area contributed by atoms with Crippen LogP contribution in [0.5, 0.6) is 0 Å². The molecule has 0 saturated carbocycles. The summed E-state index contributed by atoms with van der Waals surface area (Å²) in [6.07, 6.45) is -0.874. The van der Waals surface area contributed by atoms with E-state index in [2.05, 4.69) is 0 Å². The molecule has 17 heavy (non-hydrogen) atoms. The van der Waals surface area contributed by atoms with E-state index in [0.29, 0.717) is 0 Å². The molecule has 0 saturated heterocycles. The summed E-state index contributed by atoms with van der Waals surface area (Å²) in [5.74, 6) is -5.29.